The summed E-state index contributed by atoms with van der Waals surface area (Å²) in [6, 6.07) is 16.5. The molecule has 0 aliphatic heterocycles. The van der Waals surface area contributed by atoms with E-state index < -0.39 is 0 Å². The summed E-state index contributed by atoms with van der Waals surface area (Å²) in [5, 5.41) is 0.589. The molecule has 0 spiro atoms. The first-order chi connectivity index (χ1) is 14.1. The molecule has 0 N–H and O–H groups in total. The zero-order chi connectivity index (χ0) is 21.8. The molecular weight excluding hydrogens is 454 g/mol. The third-order valence-electron chi connectivity index (χ3n) is 5.51. The molecule has 0 aliphatic rings. The Balaban J connectivity index is 2.14. The molecule has 2 nitrogen and oxygen atoms in total. The summed E-state index contributed by atoms with van der Waals surface area (Å²) in [4.78, 5) is 5.11. The Bertz CT molecular complexity index is 1260. The van der Waals surface area contributed by atoms with Crippen LogP contribution in [0.5, 0.6) is 0 Å². The quantitative estimate of drug-likeness (QED) is 0.290. The number of hydrogen-bond donors (Lipinski definition) is 0. The molecule has 0 fully saturated rings. The van der Waals surface area contributed by atoms with Crippen LogP contribution < -0.4 is 5.46 Å². The first-order valence-corrected chi connectivity index (χ1v) is 11.1. The Morgan fingerprint density at radius 3 is 2.30 bits per heavy atom. The molecule has 0 saturated carbocycles. The van der Waals surface area contributed by atoms with Gasteiger partial charge in [-0.3, -0.25) is 4.57 Å². The second-order valence-electron chi connectivity index (χ2n) is 8.82. The summed E-state index contributed by atoms with van der Waals surface area (Å²) in [5.41, 5.74) is 8.20. The van der Waals surface area contributed by atoms with Crippen molar-refractivity contribution in [1.29, 1.82) is 0 Å². The molecule has 1 heterocycles. The van der Waals surface area contributed by atoms with Gasteiger partial charge in [0.15, 0.2) is 0 Å². The molecule has 150 valence electrons. The molecule has 3 aromatic carbocycles. The van der Waals surface area contributed by atoms with Crippen molar-refractivity contribution in [3.63, 3.8) is 0 Å². The predicted molar refractivity (Wildman–Crippen MR) is 133 cm³/mol. The topological polar surface area (TPSA) is 17.8 Å². The Hall–Kier alpha value is -2.04. The highest BCUT2D eigenvalue weighted by atomic mass is 79.9. The second-order valence-corrected chi connectivity index (χ2v) is 10.0. The monoisotopic (exact) mass is 476 g/mol. The molecule has 2 radical (unpaired) electrons. The Labute approximate surface area is 192 Å². The zero-order valence-corrected chi connectivity index (χ0v) is 20.2. The SMILES string of the molecule is [B]c1cc(Cl)cc(-n2c(-c3c(C)cccc3C)nc3cc(C(C)(C)C)ccc32)c1Br. The zero-order valence-electron chi connectivity index (χ0n) is 17.8. The van der Waals surface area contributed by atoms with E-state index in [-0.39, 0.29) is 5.41 Å². The lowest BCUT2D eigenvalue weighted by atomic mass is 9.87. The van der Waals surface area contributed by atoms with E-state index in [4.69, 9.17) is 24.4 Å². The average molecular weight is 478 g/mol. The Morgan fingerprint density at radius 2 is 1.67 bits per heavy atom. The lowest BCUT2D eigenvalue weighted by Gasteiger charge is -2.19. The van der Waals surface area contributed by atoms with Crippen LogP contribution in [0.3, 0.4) is 0 Å². The van der Waals surface area contributed by atoms with Crippen molar-refractivity contribution in [2.75, 3.05) is 0 Å². The Kier molecular flexibility index (Phi) is 5.36. The minimum absolute atomic E-state index is 0.0395. The summed E-state index contributed by atoms with van der Waals surface area (Å²) in [5.74, 6) is 0.883. The summed E-state index contributed by atoms with van der Waals surface area (Å²) in [6.07, 6.45) is 0. The van der Waals surface area contributed by atoms with E-state index in [2.05, 4.69) is 91.5 Å². The summed E-state index contributed by atoms with van der Waals surface area (Å²) < 4.78 is 2.96. The van der Waals surface area contributed by atoms with E-state index in [0.29, 0.717) is 10.5 Å². The van der Waals surface area contributed by atoms with E-state index in [1.54, 1.807) is 6.07 Å². The van der Waals surface area contributed by atoms with Gasteiger partial charge in [-0.25, -0.2) is 4.98 Å². The fourth-order valence-corrected chi connectivity index (χ4v) is 4.51. The van der Waals surface area contributed by atoms with Crippen molar-refractivity contribution >= 4 is 51.9 Å². The lowest BCUT2D eigenvalue weighted by Crippen LogP contribution is -2.11. The second kappa shape index (κ2) is 7.58. The molecule has 30 heavy (non-hydrogen) atoms. The van der Waals surface area contributed by atoms with Gasteiger partial charge in [-0.15, -0.1) is 0 Å². The molecule has 4 aromatic rings. The summed E-state index contributed by atoms with van der Waals surface area (Å²) in [7, 11) is 6.24. The molecular formula is C25H23BBrClN2. The van der Waals surface area contributed by atoms with Crippen molar-refractivity contribution in [3.05, 3.63) is 74.7 Å². The maximum absolute atomic E-state index is 6.40. The van der Waals surface area contributed by atoms with Crippen LogP contribution in [-0.2, 0) is 5.41 Å². The third-order valence-corrected chi connectivity index (χ3v) is 6.59. The van der Waals surface area contributed by atoms with E-state index in [1.807, 2.05) is 6.07 Å². The van der Waals surface area contributed by atoms with E-state index >= 15 is 0 Å². The molecule has 0 aliphatic carbocycles. The van der Waals surface area contributed by atoms with Gasteiger partial charge in [0.25, 0.3) is 0 Å². The average Bonchev–Trinajstić information content (AvgIpc) is 3.02. The molecule has 0 saturated heterocycles. The van der Waals surface area contributed by atoms with E-state index in [9.17, 15) is 0 Å². The van der Waals surface area contributed by atoms with Gasteiger partial charge < -0.3 is 0 Å². The predicted octanol–water partition coefficient (Wildman–Crippen LogP) is 6.82. The van der Waals surface area contributed by atoms with Gasteiger partial charge >= 0.3 is 0 Å². The van der Waals surface area contributed by atoms with Gasteiger partial charge in [0.2, 0.25) is 0 Å². The van der Waals surface area contributed by atoms with Gasteiger partial charge in [-0.2, -0.15) is 0 Å². The smallest absolute Gasteiger partial charge is 0.146 e. The van der Waals surface area contributed by atoms with Crippen LogP contribution in [-0.4, -0.2) is 17.4 Å². The normalized spacial score (nSPS) is 12.0. The first-order valence-electron chi connectivity index (χ1n) is 9.92. The van der Waals surface area contributed by atoms with Crippen molar-refractivity contribution in [1.82, 2.24) is 9.55 Å². The molecule has 4 rings (SSSR count). The first kappa shape index (κ1) is 21.2. The van der Waals surface area contributed by atoms with Gasteiger partial charge in [0.05, 0.1) is 16.7 Å². The fourth-order valence-electron chi connectivity index (χ4n) is 3.88. The minimum Gasteiger partial charge on any atom is -0.291 e. The number of hydrogen-bond acceptors (Lipinski definition) is 1. The van der Waals surface area contributed by atoms with Crippen LogP contribution in [0.1, 0.15) is 37.5 Å². The van der Waals surface area contributed by atoms with Crippen molar-refractivity contribution in [2.24, 2.45) is 0 Å². The van der Waals surface area contributed by atoms with Crippen LogP contribution in [0.15, 0.2) is 53.0 Å². The molecule has 5 heteroatoms. The van der Waals surface area contributed by atoms with Crippen LogP contribution in [0.25, 0.3) is 28.1 Å². The highest BCUT2D eigenvalue weighted by Crippen LogP contribution is 2.36. The van der Waals surface area contributed by atoms with Crippen molar-refractivity contribution < 1.29 is 0 Å². The number of aromatic nitrogens is 2. The largest absolute Gasteiger partial charge is 0.291 e. The van der Waals surface area contributed by atoms with Crippen LogP contribution in [0, 0.1) is 13.8 Å². The lowest BCUT2D eigenvalue weighted by molar-refractivity contribution is 0.591. The number of halogens is 2. The van der Waals surface area contributed by atoms with Gasteiger partial charge in [0, 0.05) is 15.1 Å². The molecule has 0 amide bonds. The molecule has 1 aromatic heterocycles. The Morgan fingerprint density at radius 1 is 1.00 bits per heavy atom. The summed E-state index contributed by atoms with van der Waals surface area (Å²) >= 11 is 10.1. The van der Waals surface area contributed by atoms with Crippen molar-refractivity contribution in [3.8, 4) is 17.1 Å². The minimum atomic E-state index is 0.0395. The van der Waals surface area contributed by atoms with Crippen LogP contribution >= 0.6 is 27.5 Å². The van der Waals surface area contributed by atoms with Gasteiger partial charge in [-0.05, 0) is 76.1 Å². The number of aryl methyl sites for hydroxylation is 2. The van der Waals surface area contributed by atoms with Gasteiger partial charge in [-0.1, -0.05) is 62.1 Å². The maximum Gasteiger partial charge on any atom is 0.146 e. The molecule has 0 atom stereocenters. The van der Waals surface area contributed by atoms with Crippen molar-refractivity contribution in [2.45, 2.75) is 40.0 Å². The highest BCUT2D eigenvalue weighted by Gasteiger charge is 2.22. The number of fused-ring (bicyclic) bond motifs is 1. The van der Waals surface area contributed by atoms with Crippen LogP contribution in [0.4, 0.5) is 0 Å². The maximum atomic E-state index is 6.40. The third kappa shape index (κ3) is 3.61. The highest BCUT2D eigenvalue weighted by molar-refractivity contribution is 9.10. The number of imidazole rings is 1. The van der Waals surface area contributed by atoms with Crippen LogP contribution in [0.2, 0.25) is 5.02 Å². The fraction of sp³-hybridized carbons (Fsp3) is 0.240. The van der Waals surface area contributed by atoms with E-state index in [0.717, 1.165) is 32.6 Å². The number of rotatable bonds is 2. The number of nitrogens with zero attached hydrogens (tertiary/aromatic N) is 2. The molecule has 0 bridgehead atoms. The van der Waals surface area contributed by atoms with Gasteiger partial charge in [0.1, 0.15) is 13.7 Å². The summed E-state index contributed by atoms with van der Waals surface area (Å²) in [6.45, 7) is 10.9. The van der Waals surface area contributed by atoms with E-state index in [1.165, 1.54) is 16.7 Å². The number of benzene rings is 3. The standard InChI is InChI=1S/C25H23BBrClN2/c1-14-7-6-8-15(2)22(14)24-29-19-11-16(25(3,4)5)9-10-20(19)30(24)21-13-17(28)12-18(26)23(21)27/h6-13H,1-5H3. The molecule has 0 unspecified atom stereocenters.